The van der Waals surface area contributed by atoms with Crippen molar-refractivity contribution in [1.82, 2.24) is 9.38 Å². The van der Waals surface area contributed by atoms with Crippen LogP contribution < -0.4 is 5.32 Å². The Balaban J connectivity index is 2.06. The molecule has 5 heteroatoms. The quantitative estimate of drug-likeness (QED) is 0.740. The van der Waals surface area contributed by atoms with Crippen LogP contribution in [0.1, 0.15) is 40.7 Å². The third-order valence-electron chi connectivity index (χ3n) is 3.99. The SMILES string of the molecule is CCCc1nc2ccc(C)cn2c1C(=O)Nc1cc(Cl)ccc1C. The number of nitrogens with zero attached hydrogens (tertiary/aromatic N) is 2. The molecule has 1 amide bonds. The summed E-state index contributed by atoms with van der Waals surface area (Å²) in [4.78, 5) is 17.6. The molecule has 1 N–H and O–H groups in total. The minimum atomic E-state index is -0.165. The molecule has 3 aromatic rings. The molecular weight excluding hydrogens is 322 g/mol. The molecule has 0 aliphatic rings. The van der Waals surface area contributed by atoms with Gasteiger partial charge in [-0.2, -0.15) is 0 Å². The Bertz CT molecular complexity index is 914. The van der Waals surface area contributed by atoms with Gasteiger partial charge in [-0.1, -0.05) is 37.1 Å². The number of aryl methyl sites for hydroxylation is 3. The molecule has 3 rings (SSSR count). The zero-order valence-corrected chi connectivity index (χ0v) is 14.8. The third kappa shape index (κ3) is 3.15. The number of rotatable bonds is 4. The number of carbonyl (C=O) groups is 1. The molecule has 0 unspecified atom stereocenters. The predicted molar refractivity (Wildman–Crippen MR) is 98.1 cm³/mol. The van der Waals surface area contributed by atoms with E-state index in [4.69, 9.17) is 11.6 Å². The highest BCUT2D eigenvalue weighted by Gasteiger charge is 2.19. The van der Waals surface area contributed by atoms with E-state index in [1.807, 2.05) is 48.7 Å². The molecule has 0 aliphatic carbocycles. The molecule has 0 bridgehead atoms. The van der Waals surface area contributed by atoms with Gasteiger partial charge in [-0.05, 0) is 49.6 Å². The maximum absolute atomic E-state index is 12.9. The first-order valence-electron chi connectivity index (χ1n) is 8.04. The molecule has 0 radical (unpaired) electrons. The first-order valence-corrected chi connectivity index (χ1v) is 8.42. The van der Waals surface area contributed by atoms with Crippen molar-refractivity contribution in [3.05, 3.63) is 64.1 Å². The molecule has 0 spiro atoms. The number of anilines is 1. The topological polar surface area (TPSA) is 46.4 Å². The largest absolute Gasteiger partial charge is 0.320 e. The van der Waals surface area contributed by atoms with E-state index in [-0.39, 0.29) is 5.91 Å². The van der Waals surface area contributed by atoms with Gasteiger partial charge in [0.1, 0.15) is 11.3 Å². The van der Waals surface area contributed by atoms with Crippen LogP contribution in [-0.2, 0) is 6.42 Å². The summed E-state index contributed by atoms with van der Waals surface area (Å²) in [6.07, 6.45) is 3.64. The molecule has 124 valence electrons. The second-order valence-corrected chi connectivity index (χ2v) is 6.44. The minimum absolute atomic E-state index is 0.165. The second kappa shape index (κ2) is 6.65. The Morgan fingerprint density at radius 3 is 2.79 bits per heavy atom. The van der Waals surface area contributed by atoms with Crippen LogP contribution in [0.25, 0.3) is 5.65 Å². The molecule has 2 aromatic heterocycles. The number of hydrogen-bond acceptors (Lipinski definition) is 2. The Kier molecular flexibility index (Phi) is 4.58. The first-order chi connectivity index (χ1) is 11.5. The van der Waals surface area contributed by atoms with E-state index < -0.39 is 0 Å². The third-order valence-corrected chi connectivity index (χ3v) is 4.22. The fraction of sp³-hybridized carbons (Fsp3) is 0.263. The lowest BCUT2D eigenvalue weighted by molar-refractivity contribution is 0.102. The van der Waals surface area contributed by atoms with Crippen LogP contribution in [0.15, 0.2) is 36.5 Å². The smallest absolute Gasteiger partial charge is 0.274 e. The number of pyridine rings is 1. The summed E-state index contributed by atoms with van der Waals surface area (Å²) in [6, 6.07) is 9.41. The lowest BCUT2D eigenvalue weighted by Crippen LogP contribution is -2.17. The Morgan fingerprint density at radius 2 is 2.04 bits per heavy atom. The second-order valence-electron chi connectivity index (χ2n) is 6.01. The number of imidazole rings is 1. The fourth-order valence-corrected chi connectivity index (χ4v) is 2.93. The average Bonchev–Trinajstić information content (AvgIpc) is 2.88. The maximum Gasteiger partial charge on any atom is 0.274 e. The molecular formula is C19H20ClN3O. The van der Waals surface area contributed by atoms with Crippen LogP contribution in [0.2, 0.25) is 5.02 Å². The lowest BCUT2D eigenvalue weighted by Gasteiger charge is -2.10. The number of fused-ring (bicyclic) bond motifs is 1. The van der Waals surface area contributed by atoms with Crippen molar-refractivity contribution in [2.24, 2.45) is 0 Å². The highest BCUT2D eigenvalue weighted by Crippen LogP contribution is 2.22. The van der Waals surface area contributed by atoms with E-state index in [0.717, 1.165) is 41.0 Å². The monoisotopic (exact) mass is 341 g/mol. The minimum Gasteiger partial charge on any atom is -0.320 e. The van der Waals surface area contributed by atoms with Gasteiger partial charge in [-0.15, -0.1) is 0 Å². The highest BCUT2D eigenvalue weighted by atomic mass is 35.5. The molecule has 0 atom stereocenters. The van der Waals surface area contributed by atoms with Crippen molar-refractivity contribution in [3.63, 3.8) is 0 Å². The van der Waals surface area contributed by atoms with Crippen LogP contribution in [0, 0.1) is 13.8 Å². The zero-order valence-electron chi connectivity index (χ0n) is 14.1. The summed E-state index contributed by atoms with van der Waals surface area (Å²) in [5.74, 6) is -0.165. The number of carbonyl (C=O) groups excluding carboxylic acids is 1. The zero-order chi connectivity index (χ0) is 17.3. The van der Waals surface area contributed by atoms with Crippen molar-refractivity contribution in [1.29, 1.82) is 0 Å². The summed E-state index contributed by atoms with van der Waals surface area (Å²) in [6.45, 7) is 6.03. The summed E-state index contributed by atoms with van der Waals surface area (Å²) in [5, 5.41) is 3.58. The van der Waals surface area contributed by atoms with Gasteiger partial charge in [-0.3, -0.25) is 9.20 Å². The molecule has 0 saturated carbocycles. The number of halogens is 1. The van der Waals surface area contributed by atoms with E-state index in [2.05, 4.69) is 17.2 Å². The van der Waals surface area contributed by atoms with Crippen LogP contribution in [0.3, 0.4) is 0 Å². The molecule has 0 fully saturated rings. The van der Waals surface area contributed by atoms with E-state index in [1.54, 1.807) is 6.07 Å². The van der Waals surface area contributed by atoms with Crippen LogP contribution in [-0.4, -0.2) is 15.3 Å². The fourth-order valence-electron chi connectivity index (χ4n) is 2.76. The average molecular weight is 342 g/mol. The van der Waals surface area contributed by atoms with E-state index in [0.29, 0.717) is 10.7 Å². The summed E-state index contributed by atoms with van der Waals surface area (Å²) >= 11 is 6.05. The molecule has 4 nitrogen and oxygen atoms in total. The molecule has 2 heterocycles. The van der Waals surface area contributed by atoms with E-state index >= 15 is 0 Å². The van der Waals surface area contributed by atoms with Gasteiger partial charge in [0, 0.05) is 16.9 Å². The molecule has 1 aromatic carbocycles. The van der Waals surface area contributed by atoms with Gasteiger partial charge in [0.15, 0.2) is 0 Å². The molecule has 24 heavy (non-hydrogen) atoms. The standard InChI is InChI=1S/C19H20ClN3O/c1-4-5-15-18(23-11-12(2)6-9-17(23)21-15)19(24)22-16-10-14(20)8-7-13(16)3/h6-11H,4-5H2,1-3H3,(H,22,24). The maximum atomic E-state index is 12.9. The van der Waals surface area contributed by atoms with Gasteiger partial charge < -0.3 is 5.32 Å². The molecule has 0 aliphatic heterocycles. The summed E-state index contributed by atoms with van der Waals surface area (Å²) in [5.41, 5.74) is 4.97. The van der Waals surface area contributed by atoms with Gasteiger partial charge in [0.25, 0.3) is 5.91 Å². The Morgan fingerprint density at radius 1 is 1.25 bits per heavy atom. The van der Waals surface area contributed by atoms with E-state index in [9.17, 15) is 4.79 Å². The van der Waals surface area contributed by atoms with Crippen molar-refractivity contribution in [2.45, 2.75) is 33.6 Å². The summed E-state index contributed by atoms with van der Waals surface area (Å²) < 4.78 is 1.87. The lowest BCUT2D eigenvalue weighted by atomic mass is 10.1. The first kappa shape index (κ1) is 16.5. The van der Waals surface area contributed by atoms with Gasteiger partial charge >= 0.3 is 0 Å². The van der Waals surface area contributed by atoms with Gasteiger partial charge in [0.2, 0.25) is 0 Å². The summed E-state index contributed by atoms with van der Waals surface area (Å²) in [7, 11) is 0. The Labute approximate surface area is 146 Å². The number of nitrogens with one attached hydrogen (secondary N) is 1. The Hall–Kier alpha value is -2.33. The van der Waals surface area contributed by atoms with Crippen molar-refractivity contribution < 1.29 is 4.79 Å². The highest BCUT2D eigenvalue weighted by molar-refractivity contribution is 6.31. The van der Waals surface area contributed by atoms with E-state index in [1.165, 1.54) is 0 Å². The van der Waals surface area contributed by atoms with Crippen LogP contribution in [0.4, 0.5) is 5.69 Å². The van der Waals surface area contributed by atoms with Gasteiger partial charge in [0.05, 0.1) is 5.69 Å². The van der Waals surface area contributed by atoms with Gasteiger partial charge in [-0.25, -0.2) is 4.98 Å². The van der Waals surface area contributed by atoms with Crippen molar-refractivity contribution in [2.75, 3.05) is 5.32 Å². The number of aromatic nitrogens is 2. The van der Waals surface area contributed by atoms with Crippen LogP contribution in [0.5, 0.6) is 0 Å². The molecule has 0 saturated heterocycles. The van der Waals surface area contributed by atoms with Crippen molar-refractivity contribution >= 4 is 28.8 Å². The van der Waals surface area contributed by atoms with Crippen LogP contribution >= 0.6 is 11.6 Å². The number of hydrogen-bond donors (Lipinski definition) is 1. The number of amides is 1. The predicted octanol–water partition coefficient (Wildman–Crippen LogP) is 4.81. The normalized spacial score (nSPS) is 11.0. The number of benzene rings is 1. The van der Waals surface area contributed by atoms with Crippen molar-refractivity contribution in [3.8, 4) is 0 Å².